The quantitative estimate of drug-likeness (QED) is 0.614. The van der Waals surface area contributed by atoms with Crippen LogP contribution in [0.1, 0.15) is 42.4 Å². The molecule has 4 rings (SSSR count). The summed E-state index contributed by atoms with van der Waals surface area (Å²) in [7, 11) is 0. The fourth-order valence-electron chi connectivity index (χ4n) is 3.63. The number of benzene rings is 2. The van der Waals surface area contributed by atoms with Gasteiger partial charge in [0.25, 0.3) is 0 Å². The van der Waals surface area contributed by atoms with E-state index in [1.54, 1.807) is 11.9 Å². The standard InChI is InChI=1S/C21H21N3O3S/c1-13(25)22-17-4-6-18(7-5-17)28-24-11-15-3-2-14(10-16(15)12-24)19-8-9-20(26)23-21(19)27/h2-7,10,19H,8-9,11-12H2,1H3,(H,22,25)(H,23,26,27). The van der Waals surface area contributed by atoms with Gasteiger partial charge in [0.2, 0.25) is 17.7 Å². The Morgan fingerprint density at radius 1 is 1.11 bits per heavy atom. The van der Waals surface area contributed by atoms with E-state index in [1.807, 2.05) is 30.3 Å². The van der Waals surface area contributed by atoms with Crippen molar-refractivity contribution in [3.05, 3.63) is 59.2 Å². The lowest BCUT2D eigenvalue weighted by atomic mass is 9.89. The largest absolute Gasteiger partial charge is 0.326 e. The van der Waals surface area contributed by atoms with E-state index in [4.69, 9.17) is 0 Å². The molecule has 1 atom stereocenters. The monoisotopic (exact) mass is 395 g/mol. The maximum absolute atomic E-state index is 12.1. The zero-order valence-corrected chi connectivity index (χ0v) is 16.3. The van der Waals surface area contributed by atoms with Crippen LogP contribution in [0.5, 0.6) is 0 Å². The minimum atomic E-state index is -0.244. The first-order valence-corrected chi connectivity index (χ1v) is 10.0. The molecule has 0 saturated carbocycles. The van der Waals surface area contributed by atoms with Gasteiger partial charge < -0.3 is 5.32 Å². The van der Waals surface area contributed by atoms with Gasteiger partial charge in [0.1, 0.15) is 0 Å². The van der Waals surface area contributed by atoms with Gasteiger partial charge in [0, 0.05) is 37.0 Å². The molecule has 28 heavy (non-hydrogen) atoms. The van der Waals surface area contributed by atoms with Gasteiger partial charge in [0.15, 0.2) is 0 Å². The van der Waals surface area contributed by atoms with Crippen LogP contribution in [0.3, 0.4) is 0 Å². The molecule has 0 radical (unpaired) electrons. The van der Waals surface area contributed by atoms with Gasteiger partial charge >= 0.3 is 0 Å². The summed E-state index contributed by atoms with van der Waals surface area (Å²) >= 11 is 1.67. The molecule has 1 fully saturated rings. The molecule has 1 unspecified atom stereocenters. The summed E-state index contributed by atoms with van der Waals surface area (Å²) in [5.41, 5.74) is 4.26. The van der Waals surface area contributed by atoms with Crippen LogP contribution in [0.15, 0.2) is 47.4 Å². The highest BCUT2D eigenvalue weighted by Crippen LogP contribution is 2.35. The van der Waals surface area contributed by atoms with Gasteiger partial charge in [-0.15, -0.1) is 0 Å². The Balaban J connectivity index is 1.42. The van der Waals surface area contributed by atoms with E-state index in [1.165, 1.54) is 18.1 Å². The first-order valence-electron chi connectivity index (χ1n) is 9.24. The third-order valence-corrected chi connectivity index (χ3v) is 5.97. The topological polar surface area (TPSA) is 78.5 Å². The summed E-state index contributed by atoms with van der Waals surface area (Å²) in [6.07, 6.45) is 0.965. The van der Waals surface area contributed by atoms with Crippen LogP contribution in [0.2, 0.25) is 0 Å². The molecule has 0 bridgehead atoms. The molecule has 1 saturated heterocycles. The van der Waals surface area contributed by atoms with Crippen LogP contribution >= 0.6 is 11.9 Å². The van der Waals surface area contributed by atoms with E-state index in [0.29, 0.717) is 12.8 Å². The summed E-state index contributed by atoms with van der Waals surface area (Å²) in [5, 5.41) is 5.20. The third-order valence-electron chi connectivity index (χ3n) is 4.97. The van der Waals surface area contributed by atoms with E-state index >= 15 is 0 Å². The van der Waals surface area contributed by atoms with Gasteiger partial charge in [-0.05, 0) is 59.3 Å². The van der Waals surface area contributed by atoms with Crippen LogP contribution in [0, 0.1) is 0 Å². The highest BCUT2D eigenvalue weighted by atomic mass is 32.2. The number of carbonyl (C=O) groups is 3. The normalized spacial score (nSPS) is 19.2. The molecule has 144 valence electrons. The lowest BCUT2D eigenvalue weighted by Crippen LogP contribution is -2.39. The molecule has 2 aliphatic heterocycles. The number of rotatable bonds is 4. The number of fused-ring (bicyclic) bond motifs is 1. The number of hydrogen-bond donors (Lipinski definition) is 2. The van der Waals surface area contributed by atoms with E-state index in [9.17, 15) is 14.4 Å². The number of carbonyl (C=O) groups excluding carboxylic acids is 3. The fourth-order valence-corrected chi connectivity index (χ4v) is 4.59. The fraction of sp³-hybridized carbons (Fsp3) is 0.286. The van der Waals surface area contributed by atoms with E-state index < -0.39 is 0 Å². The van der Waals surface area contributed by atoms with Crippen molar-refractivity contribution < 1.29 is 14.4 Å². The lowest BCUT2D eigenvalue weighted by molar-refractivity contribution is -0.134. The molecule has 3 amide bonds. The zero-order valence-electron chi connectivity index (χ0n) is 15.5. The third kappa shape index (κ3) is 4.10. The van der Waals surface area contributed by atoms with Crippen LogP contribution in [0.25, 0.3) is 0 Å². The number of piperidine rings is 1. The second-order valence-electron chi connectivity index (χ2n) is 7.13. The number of nitrogens with zero attached hydrogens (tertiary/aromatic N) is 1. The van der Waals surface area contributed by atoms with E-state index in [-0.39, 0.29) is 23.6 Å². The van der Waals surface area contributed by atoms with Gasteiger partial charge in [-0.1, -0.05) is 18.2 Å². The van der Waals surface area contributed by atoms with Crippen molar-refractivity contribution in [3.63, 3.8) is 0 Å². The predicted octanol–water partition coefficient (Wildman–Crippen LogP) is 3.19. The Kier molecular flexibility index (Phi) is 5.19. The molecular weight excluding hydrogens is 374 g/mol. The number of nitrogens with one attached hydrogen (secondary N) is 2. The summed E-state index contributed by atoms with van der Waals surface area (Å²) in [6, 6.07) is 14.0. The minimum absolute atomic E-state index is 0.0813. The second-order valence-corrected chi connectivity index (χ2v) is 8.30. The first kappa shape index (κ1) is 18.7. The molecule has 2 aromatic carbocycles. The highest BCUT2D eigenvalue weighted by Gasteiger charge is 2.29. The highest BCUT2D eigenvalue weighted by molar-refractivity contribution is 7.97. The molecule has 7 heteroatoms. The summed E-state index contributed by atoms with van der Waals surface area (Å²) in [5.74, 6) is -0.706. The van der Waals surface area contributed by atoms with Crippen molar-refractivity contribution in [2.45, 2.75) is 43.7 Å². The summed E-state index contributed by atoms with van der Waals surface area (Å²) in [6.45, 7) is 3.13. The van der Waals surface area contributed by atoms with E-state index in [2.05, 4.69) is 27.1 Å². The number of hydrogen-bond acceptors (Lipinski definition) is 5. The van der Waals surface area contributed by atoms with Crippen LogP contribution < -0.4 is 10.6 Å². The Hall–Kier alpha value is -2.64. The second kappa shape index (κ2) is 7.77. The van der Waals surface area contributed by atoms with Crippen molar-refractivity contribution >= 4 is 35.4 Å². The predicted molar refractivity (Wildman–Crippen MR) is 107 cm³/mol. The molecule has 2 aromatic rings. The van der Waals surface area contributed by atoms with Gasteiger partial charge in [0.05, 0.1) is 5.92 Å². The Bertz CT molecular complexity index is 942. The Morgan fingerprint density at radius 3 is 2.57 bits per heavy atom. The maximum Gasteiger partial charge on any atom is 0.234 e. The summed E-state index contributed by atoms with van der Waals surface area (Å²) in [4.78, 5) is 35.7. The van der Waals surface area contributed by atoms with Crippen molar-refractivity contribution in [2.24, 2.45) is 0 Å². The molecule has 6 nitrogen and oxygen atoms in total. The molecule has 2 N–H and O–H groups in total. The number of anilines is 1. The van der Waals surface area contributed by atoms with Crippen LogP contribution in [-0.2, 0) is 27.5 Å². The molecule has 0 aliphatic carbocycles. The zero-order chi connectivity index (χ0) is 19.7. The molecular formula is C21H21N3O3S. The molecule has 2 heterocycles. The van der Waals surface area contributed by atoms with Crippen molar-refractivity contribution in [1.29, 1.82) is 0 Å². The number of amides is 3. The first-order chi connectivity index (χ1) is 13.5. The Morgan fingerprint density at radius 2 is 1.86 bits per heavy atom. The lowest BCUT2D eigenvalue weighted by Gasteiger charge is -2.21. The van der Waals surface area contributed by atoms with Crippen LogP contribution in [0.4, 0.5) is 5.69 Å². The van der Waals surface area contributed by atoms with Crippen molar-refractivity contribution in [3.8, 4) is 0 Å². The average molecular weight is 395 g/mol. The smallest absolute Gasteiger partial charge is 0.234 e. The van der Waals surface area contributed by atoms with Crippen molar-refractivity contribution in [2.75, 3.05) is 5.32 Å². The van der Waals surface area contributed by atoms with Crippen LogP contribution in [-0.4, -0.2) is 22.0 Å². The molecule has 2 aliphatic rings. The minimum Gasteiger partial charge on any atom is -0.326 e. The average Bonchev–Trinajstić information content (AvgIpc) is 3.04. The van der Waals surface area contributed by atoms with Crippen molar-refractivity contribution in [1.82, 2.24) is 9.62 Å². The molecule has 0 spiro atoms. The SMILES string of the molecule is CC(=O)Nc1ccc(SN2Cc3ccc(C4CCC(=O)NC4=O)cc3C2)cc1. The van der Waals surface area contributed by atoms with Gasteiger partial charge in [-0.25, -0.2) is 4.31 Å². The van der Waals surface area contributed by atoms with Gasteiger partial charge in [-0.3, -0.25) is 19.7 Å². The maximum atomic E-state index is 12.1. The Labute approximate surface area is 167 Å². The van der Waals surface area contributed by atoms with Gasteiger partial charge in [-0.2, -0.15) is 0 Å². The number of imide groups is 1. The summed E-state index contributed by atoms with van der Waals surface area (Å²) < 4.78 is 2.27. The molecule has 0 aromatic heterocycles. The van der Waals surface area contributed by atoms with E-state index in [0.717, 1.165) is 29.2 Å².